The zero-order valence-corrected chi connectivity index (χ0v) is 18.1. The van der Waals surface area contributed by atoms with Gasteiger partial charge in [-0.3, -0.25) is 4.79 Å². The molecule has 0 radical (unpaired) electrons. The van der Waals surface area contributed by atoms with Crippen molar-refractivity contribution in [2.24, 2.45) is 28.6 Å². The van der Waals surface area contributed by atoms with Crippen LogP contribution < -0.4 is 0 Å². The fraction of sp³-hybridized carbons (Fsp3) is 0.826. The summed E-state index contributed by atoms with van der Waals surface area (Å²) in [5.74, 6) is 0.918. The van der Waals surface area contributed by atoms with Gasteiger partial charge in [-0.05, 0) is 96.8 Å². The van der Waals surface area contributed by atoms with Crippen molar-refractivity contribution in [1.82, 2.24) is 0 Å². The van der Waals surface area contributed by atoms with Gasteiger partial charge >= 0.3 is 11.9 Å². The summed E-state index contributed by atoms with van der Waals surface area (Å²) in [7, 11) is 0. The van der Waals surface area contributed by atoms with E-state index in [1.807, 2.05) is 13.8 Å². The third kappa shape index (κ3) is 3.23. The lowest BCUT2D eigenvalue weighted by Gasteiger charge is -2.63. The quantitative estimate of drug-likeness (QED) is 0.497. The van der Waals surface area contributed by atoms with Crippen molar-refractivity contribution < 1.29 is 19.1 Å². The van der Waals surface area contributed by atoms with Gasteiger partial charge in [0.15, 0.2) is 0 Å². The third-order valence-electron chi connectivity index (χ3n) is 8.14. The molecule has 4 rings (SSSR count). The van der Waals surface area contributed by atoms with E-state index in [-0.39, 0.29) is 5.97 Å². The molecule has 0 spiro atoms. The highest BCUT2D eigenvalue weighted by atomic mass is 16.6. The Morgan fingerprint density at radius 3 is 1.96 bits per heavy atom. The Morgan fingerprint density at radius 2 is 1.52 bits per heavy atom. The van der Waals surface area contributed by atoms with E-state index in [0.717, 1.165) is 18.8 Å². The monoisotopic (exact) mass is 376 g/mol. The highest BCUT2D eigenvalue weighted by Gasteiger charge is 2.62. The van der Waals surface area contributed by atoms with Crippen LogP contribution in [-0.4, -0.2) is 23.1 Å². The second-order valence-electron chi connectivity index (χ2n) is 11.0. The Labute approximate surface area is 164 Å². The fourth-order valence-electron chi connectivity index (χ4n) is 5.76. The Kier molecular flexibility index (Phi) is 4.60. The first-order chi connectivity index (χ1) is 12.2. The van der Waals surface area contributed by atoms with Crippen molar-refractivity contribution in [2.45, 2.75) is 91.8 Å². The second-order valence-corrected chi connectivity index (χ2v) is 11.0. The smallest absolute Gasteiger partial charge is 0.333 e. The van der Waals surface area contributed by atoms with Crippen LogP contribution in [0.1, 0.15) is 80.6 Å². The van der Waals surface area contributed by atoms with Gasteiger partial charge in [0.05, 0.1) is 0 Å². The van der Waals surface area contributed by atoms with Gasteiger partial charge in [0, 0.05) is 5.57 Å². The van der Waals surface area contributed by atoms with Crippen LogP contribution in [0, 0.1) is 28.6 Å². The summed E-state index contributed by atoms with van der Waals surface area (Å²) < 4.78 is 11.9. The van der Waals surface area contributed by atoms with Gasteiger partial charge in [0.2, 0.25) is 0 Å². The van der Waals surface area contributed by atoms with Gasteiger partial charge in [0.1, 0.15) is 16.6 Å². The average molecular weight is 377 g/mol. The van der Waals surface area contributed by atoms with Gasteiger partial charge < -0.3 is 9.47 Å². The Bertz CT molecular complexity index is 656. The minimum absolute atomic E-state index is 0.276. The molecule has 0 aromatic carbocycles. The lowest BCUT2D eigenvalue weighted by molar-refractivity contribution is -0.231. The first kappa shape index (κ1) is 20.4. The summed E-state index contributed by atoms with van der Waals surface area (Å²) >= 11 is 0. The first-order valence-corrected chi connectivity index (χ1v) is 10.3. The molecule has 4 aliphatic rings. The van der Waals surface area contributed by atoms with Crippen LogP contribution in [0.15, 0.2) is 12.2 Å². The maximum absolute atomic E-state index is 13.3. The van der Waals surface area contributed by atoms with Crippen LogP contribution in [-0.2, 0) is 19.1 Å². The SMILES string of the molecule is C=C(C)C(=O)OC(C)(C)C(C)(C)C(=O)OC1(C)C2CC3CC1CC(C)(C3)C2. The third-order valence-corrected chi connectivity index (χ3v) is 8.14. The lowest BCUT2D eigenvalue weighted by Crippen LogP contribution is -2.62. The van der Waals surface area contributed by atoms with E-state index in [4.69, 9.17) is 9.47 Å². The minimum Gasteiger partial charge on any atom is -0.458 e. The molecule has 0 heterocycles. The average Bonchev–Trinajstić information content (AvgIpc) is 2.50. The number of carbonyl (C=O) groups excluding carboxylic acids is 2. The van der Waals surface area contributed by atoms with Crippen LogP contribution >= 0.6 is 0 Å². The van der Waals surface area contributed by atoms with Crippen molar-refractivity contribution in [1.29, 1.82) is 0 Å². The molecule has 4 aliphatic carbocycles. The Balaban J connectivity index is 1.78. The Hall–Kier alpha value is -1.32. The normalized spacial score (nSPS) is 37.8. The predicted octanol–water partition coefficient (Wildman–Crippen LogP) is 5.06. The predicted molar refractivity (Wildman–Crippen MR) is 105 cm³/mol. The highest BCUT2D eigenvalue weighted by molar-refractivity contribution is 5.88. The van der Waals surface area contributed by atoms with Crippen molar-refractivity contribution in [3.63, 3.8) is 0 Å². The first-order valence-electron chi connectivity index (χ1n) is 10.3. The number of hydrogen-bond acceptors (Lipinski definition) is 4. The van der Waals surface area contributed by atoms with E-state index < -0.39 is 22.6 Å². The molecule has 4 fully saturated rings. The van der Waals surface area contributed by atoms with Gasteiger partial charge in [-0.25, -0.2) is 4.79 Å². The molecule has 4 heteroatoms. The molecule has 0 saturated heterocycles. The lowest BCUT2D eigenvalue weighted by atomic mass is 9.45. The molecule has 0 aromatic heterocycles. The fourth-order valence-corrected chi connectivity index (χ4v) is 5.76. The molecule has 152 valence electrons. The summed E-state index contributed by atoms with van der Waals surface area (Å²) in [4.78, 5) is 25.3. The van der Waals surface area contributed by atoms with E-state index in [2.05, 4.69) is 20.4 Å². The largest absolute Gasteiger partial charge is 0.458 e. The standard InChI is InChI=1S/C23H36O4/c1-14(2)18(24)26-21(5,6)20(3,4)19(25)27-23(8)16-9-15-10-17(23)13-22(7,11-15)12-16/h15-17H,1,9-13H2,2-8H3. The molecule has 0 aromatic rings. The molecular formula is C23H36O4. The maximum Gasteiger partial charge on any atom is 0.333 e. The molecular weight excluding hydrogens is 340 g/mol. The van der Waals surface area contributed by atoms with Crippen LogP contribution in [0.5, 0.6) is 0 Å². The van der Waals surface area contributed by atoms with Crippen LogP contribution in [0.25, 0.3) is 0 Å². The summed E-state index contributed by atoms with van der Waals surface area (Å²) in [6, 6.07) is 0. The second kappa shape index (κ2) is 6.09. The van der Waals surface area contributed by atoms with E-state index >= 15 is 0 Å². The Morgan fingerprint density at radius 1 is 1.00 bits per heavy atom. The summed E-state index contributed by atoms with van der Waals surface area (Å²) in [6.45, 7) is 17.0. The summed E-state index contributed by atoms with van der Waals surface area (Å²) in [6.07, 6.45) is 5.98. The van der Waals surface area contributed by atoms with Crippen LogP contribution in [0.2, 0.25) is 0 Å². The van der Waals surface area contributed by atoms with Gasteiger partial charge in [-0.1, -0.05) is 13.5 Å². The summed E-state index contributed by atoms with van der Waals surface area (Å²) in [5.41, 5.74) is -1.60. The van der Waals surface area contributed by atoms with Crippen molar-refractivity contribution >= 4 is 11.9 Å². The van der Waals surface area contributed by atoms with Gasteiger partial charge in [-0.2, -0.15) is 0 Å². The topological polar surface area (TPSA) is 52.6 Å². The van der Waals surface area contributed by atoms with E-state index in [1.165, 1.54) is 19.3 Å². The zero-order chi connectivity index (χ0) is 20.4. The van der Waals surface area contributed by atoms with Crippen molar-refractivity contribution in [3.8, 4) is 0 Å². The molecule has 2 unspecified atom stereocenters. The molecule has 0 amide bonds. The number of hydrogen-bond donors (Lipinski definition) is 0. The zero-order valence-electron chi connectivity index (χ0n) is 18.1. The van der Waals surface area contributed by atoms with Crippen molar-refractivity contribution in [3.05, 3.63) is 12.2 Å². The summed E-state index contributed by atoms with van der Waals surface area (Å²) in [5, 5.41) is 0. The van der Waals surface area contributed by atoms with E-state index in [0.29, 0.717) is 22.8 Å². The van der Waals surface area contributed by atoms with E-state index in [9.17, 15) is 9.59 Å². The highest BCUT2D eigenvalue weighted by Crippen LogP contribution is 2.64. The number of ether oxygens (including phenoxy) is 2. The molecule has 4 saturated carbocycles. The molecule has 4 bridgehead atoms. The molecule has 0 aliphatic heterocycles. The van der Waals surface area contributed by atoms with E-state index in [1.54, 1.807) is 20.8 Å². The molecule has 2 atom stereocenters. The van der Waals surface area contributed by atoms with Crippen LogP contribution in [0.3, 0.4) is 0 Å². The van der Waals surface area contributed by atoms with Crippen LogP contribution in [0.4, 0.5) is 0 Å². The molecule has 4 nitrogen and oxygen atoms in total. The molecule has 27 heavy (non-hydrogen) atoms. The molecule has 0 N–H and O–H groups in total. The number of rotatable bonds is 5. The van der Waals surface area contributed by atoms with Gasteiger partial charge in [0.25, 0.3) is 0 Å². The maximum atomic E-state index is 13.3. The van der Waals surface area contributed by atoms with Crippen molar-refractivity contribution in [2.75, 3.05) is 0 Å². The number of carbonyl (C=O) groups is 2. The minimum atomic E-state index is -0.992. The number of esters is 2. The van der Waals surface area contributed by atoms with Gasteiger partial charge in [-0.15, -0.1) is 0 Å².